The number of rotatable bonds is 51. The summed E-state index contributed by atoms with van der Waals surface area (Å²) >= 11 is 0. The third-order valence-electron chi connectivity index (χ3n) is 12.6. The van der Waals surface area contributed by atoms with Crippen molar-refractivity contribution in [2.24, 2.45) is 0 Å². The number of nitrogens with one attached hydrogen (secondary N) is 1. The largest absolute Gasteiger partial charge is 0.466 e. The fourth-order valence-corrected chi connectivity index (χ4v) is 8.25. The molecule has 0 bridgehead atoms. The summed E-state index contributed by atoms with van der Waals surface area (Å²) in [6.07, 6.45) is 66.9. The molecule has 0 spiro atoms. The van der Waals surface area contributed by atoms with Gasteiger partial charge in [-0.3, -0.25) is 9.59 Å². The Balaban J connectivity index is 3.56. The first kappa shape index (κ1) is 61.8. The van der Waals surface area contributed by atoms with Gasteiger partial charge in [-0.15, -0.1) is 0 Å². The number of carbonyl (C=O) groups excluding carboxylic acids is 2. The van der Waals surface area contributed by atoms with E-state index in [9.17, 15) is 19.8 Å². The highest BCUT2D eigenvalue weighted by Crippen LogP contribution is 2.16. The second-order valence-electron chi connectivity index (χ2n) is 18.9. The molecular weight excluding hydrogens is 791 g/mol. The molecule has 0 aliphatic heterocycles. The molecule has 3 N–H and O–H groups in total. The lowest BCUT2D eigenvalue weighted by Crippen LogP contribution is -2.45. The first-order valence-electron chi connectivity index (χ1n) is 27.9. The summed E-state index contributed by atoms with van der Waals surface area (Å²) in [6.45, 7) is 4.80. The number of hydrogen-bond acceptors (Lipinski definition) is 5. The second kappa shape index (κ2) is 53.4. The number of aliphatic hydroxyl groups is 2. The molecule has 2 atom stereocenters. The number of aliphatic hydroxyl groups excluding tert-OH is 2. The molecule has 374 valence electrons. The fraction of sp³-hybridized carbons (Fsp3) is 0.828. The van der Waals surface area contributed by atoms with E-state index in [4.69, 9.17) is 4.74 Å². The molecule has 0 heterocycles. The number of ether oxygens (including phenoxy) is 1. The van der Waals surface area contributed by atoms with E-state index >= 15 is 0 Å². The van der Waals surface area contributed by atoms with Gasteiger partial charge in [0.15, 0.2) is 0 Å². The van der Waals surface area contributed by atoms with Gasteiger partial charge >= 0.3 is 5.97 Å². The van der Waals surface area contributed by atoms with Gasteiger partial charge < -0.3 is 20.3 Å². The van der Waals surface area contributed by atoms with Gasteiger partial charge in [-0.25, -0.2) is 0 Å². The topological polar surface area (TPSA) is 95.9 Å². The van der Waals surface area contributed by atoms with Crippen molar-refractivity contribution in [3.63, 3.8) is 0 Å². The minimum atomic E-state index is -0.865. The van der Waals surface area contributed by atoms with Crippen LogP contribution in [0, 0.1) is 0 Å². The van der Waals surface area contributed by atoms with E-state index in [1.807, 2.05) is 6.08 Å². The van der Waals surface area contributed by atoms with E-state index < -0.39 is 12.1 Å². The SMILES string of the molecule is CCCCC/C=C\C/C=C\CCCCCCCC(=O)OCCCC/C=C\CCCCCCCC(=O)NC(CO)C(O)/C=C/CCCCCCCCCCCCCCCCCCCCC. The third kappa shape index (κ3) is 49.3. The normalized spacial score (nSPS) is 13.0. The van der Waals surface area contributed by atoms with E-state index in [0.29, 0.717) is 19.4 Å². The maximum atomic E-state index is 12.5. The van der Waals surface area contributed by atoms with Gasteiger partial charge in [0.05, 0.1) is 25.4 Å². The van der Waals surface area contributed by atoms with Gasteiger partial charge in [-0.05, 0) is 89.9 Å². The molecule has 2 unspecified atom stereocenters. The lowest BCUT2D eigenvalue weighted by molar-refractivity contribution is -0.143. The summed E-state index contributed by atoms with van der Waals surface area (Å²) in [7, 11) is 0. The van der Waals surface area contributed by atoms with E-state index in [-0.39, 0.29) is 18.5 Å². The highest BCUT2D eigenvalue weighted by atomic mass is 16.5. The summed E-state index contributed by atoms with van der Waals surface area (Å²) < 4.78 is 5.43. The molecular formula is C58H107NO5. The molecule has 1 amide bonds. The Labute approximate surface area is 397 Å². The Morgan fingerprint density at radius 1 is 0.438 bits per heavy atom. The number of unbranched alkanes of at least 4 members (excludes halogenated alkanes) is 34. The molecule has 0 rings (SSSR count). The van der Waals surface area contributed by atoms with Crippen molar-refractivity contribution in [3.05, 3.63) is 48.6 Å². The zero-order valence-electron chi connectivity index (χ0n) is 42.5. The van der Waals surface area contributed by atoms with Crippen molar-refractivity contribution >= 4 is 11.9 Å². The average Bonchev–Trinajstić information content (AvgIpc) is 3.29. The van der Waals surface area contributed by atoms with E-state index in [1.54, 1.807) is 6.08 Å². The summed E-state index contributed by atoms with van der Waals surface area (Å²) in [5.41, 5.74) is 0. The minimum absolute atomic E-state index is 0.0472. The van der Waals surface area contributed by atoms with Crippen molar-refractivity contribution < 1.29 is 24.5 Å². The Morgan fingerprint density at radius 2 is 0.781 bits per heavy atom. The quantitative estimate of drug-likeness (QED) is 0.0321. The third-order valence-corrected chi connectivity index (χ3v) is 12.6. The second-order valence-corrected chi connectivity index (χ2v) is 18.9. The molecule has 0 fully saturated rings. The fourth-order valence-electron chi connectivity index (χ4n) is 8.25. The zero-order valence-corrected chi connectivity index (χ0v) is 42.5. The molecule has 0 saturated carbocycles. The lowest BCUT2D eigenvalue weighted by atomic mass is 10.0. The first-order valence-corrected chi connectivity index (χ1v) is 27.9. The monoisotopic (exact) mass is 898 g/mol. The van der Waals surface area contributed by atoms with Crippen LogP contribution in [0.25, 0.3) is 0 Å². The Bertz CT molecular complexity index is 1080. The molecule has 0 aromatic carbocycles. The molecule has 0 aromatic heterocycles. The standard InChI is InChI=1S/C58H107NO5/c1-3-5-7-9-11-13-15-17-19-20-21-22-23-24-26-27-30-34-38-42-46-50-56(61)55(54-60)59-57(62)51-47-43-39-35-31-29-33-37-41-45-49-53-64-58(63)52-48-44-40-36-32-28-25-18-16-14-12-10-8-6-4-2/h12,14,18,25,33,37,46,50,55-56,60-61H,3-11,13,15-17,19-24,26-32,34-36,38-45,47-49,51-54H2,1-2H3,(H,59,62)/b14-12-,25-18-,37-33-,50-46+. The van der Waals surface area contributed by atoms with E-state index in [2.05, 4.69) is 55.6 Å². The number of hydrogen-bond donors (Lipinski definition) is 3. The maximum absolute atomic E-state index is 12.5. The van der Waals surface area contributed by atoms with Crippen LogP contribution in [0.2, 0.25) is 0 Å². The molecule has 0 saturated heterocycles. The van der Waals surface area contributed by atoms with Crippen molar-refractivity contribution in [2.75, 3.05) is 13.2 Å². The van der Waals surface area contributed by atoms with Crippen molar-refractivity contribution in [1.29, 1.82) is 0 Å². The van der Waals surface area contributed by atoms with Crippen molar-refractivity contribution in [2.45, 2.75) is 296 Å². The van der Waals surface area contributed by atoms with Crippen LogP contribution < -0.4 is 5.32 Å². The molecule has 6 heteroatoms. The van der Waals surface area contributed by atoms with Crippen molar-refractivity contribution in [3.8, 4) is 0 Å². The highest BCUT2D eigenvalue weighted by Gasteiger charge is 2.18. The smallest absolute Gasteiger partial charge is 0.305 e. The molecule has 64 heavy (non-hydrogen) atoms. The summed E-state index contributed by atoms with van der Waals surface area (Å²) in [6, 6.07) is -0.651. The van der Waals surface area contributed by atoms with Gasteiger partial charge in [0, 0.05) is 12.8 Å². The summed E-state index contributed by atoms with van der Waals surface area (Å²) in [5, 5.41) is 23.1. The number of allylic oxidation sites excluding steroid dienone is 7. The average molecular weight is 898 g/mol. The zero-order chi connectivity index (χ0) is 46.5. The van der Waals surface area contributed by atoms with Crippen LogP contribution in [0.1, 0.15) is 284 Å². The van der Waals surface area contributed by atoms with E-state index in [0.717, 1.165) is 96.3 Å². The number of carbonyl (C=O) groups is 2. The van der Waals surface area contributed by atoms with E-state index in [1.165, 1.54) is 161 Å². The first-order chi connectivity index (χ1) is 31.5. The van der Waals surface area contributed by atoms with Crippen LogP contribution in [0.15, 0.2) is 48.6 Å². The Kier molecular flexibility index (Phi) is 51.6. The van der Waals surface area contributed by atoms with Gasteiger partial charge in [-0.2, -0.15) is 0 Å². The molecule has 6 nitrogen and oxygen atoms in total. The minimum Gasteiger partial charge on any atom is -0.466 e. The molecule has 0 radical (unpaired) electrons. The Hall–Kier alpha value is -2.18. The van der Waals surface area contributed by atoms with Gasteiger partial charge in [0.1, 0.15) is 0 Å². The predicted molar refractivity (Wildman–Crippen MR) is 278 cm³/mol. The summed E-state index contributed by atoms with van der Waals surface area (Å²) in [4.78, 5) is 24.5. The maximum Gasteiger partial charge on any atom is 0.305 e. The molecule has 0 aromatic rings. The predicted octanol–water partition coefficient (Wildman–Crippen LogP) is 17.0. The van der Waals surface area contributed by atoms with Crippen LogP contribution >= 0.6 is 0 Å². The lowest BCUT2D eigenvalue weighted by Gasteiger charge is -2.20. The van der Waals surface area contributed by atoms with Crippen LogP contribution in [-0.2, 0) is 14.3 Å². The molecule has 0 aliphatic carbocycles. The van der Waals surface area contributed by atoms with Gasteiger partial charge in [-0.1, -0.05) is 229 Å². The van der Waals surface area contributed by atoms with Crippen LogP contribution in [-0.4, -0.2) is 47.4 Å². The van der Waals surface area contributed by atoms with Gasteiger partial charge in [0.2, 0.25) is 5.91 Å². The highest BCUT2D eigenvalue weighted by molar-refractivity contribution is 5.76. The Morgan fingerprint density at radius 3 is 1.23 bits per heavy atom. The van der Waals surface area contributed by atoms with Crippen molar-refractivity contribution in [1.82, 2.24) is 5.32 Å². The van der Waals surface area contributed by atoms with Crippen LogP contribution in [0.5, 0.6) is 0 Å². The number of amides is 1. The van der Waals surface area contributed by atoms with Gasteiger partial charge in [0.25, 0.3) is 0 Å². The number of esters is 1. The summed E-state index contributed by atoms with van der Waals surface area (Å²) in [5.74, 6) is -0.144. The van der Waals surface area contributed by atoms with Crippen LogP contribution in [0.3, 0.4) is 0 Å². The van der Waals surface area contributed by atoms with Crippen LogP contribution in [0.4, 0.5) is 0 Å². The molecule has 0 aliphatic rings.